The lowest BCUT2D eigenvalue weighted by atomic mass is 9.78. The van der Waals surface area contributed by atoms with Crippen molar-refractivity contribution in [3.63, 3.8) is 0 Å². The van der Waals surface area contributed by atoms with E-state index < -0.39 is 42.6 Å². The highest BCUT2D eigenvalue weighted by molar-refractivity contribution is 6.64. The maximum atomic E-state index is 12.7. The number of hydrogen-bond acceptors (Lipinski definition) is 5. The van der Waals surface area contributed by atoms with Gasteiger partial charge in [-0.2, -0.15) is 13.2 Å². The van der Waals surface area contributed by atoms with Crippen LogP contribution in [-0.2, 0) is 20.6 Å². The van der Waals surface area contributed by atoms with Gasteiger partial charge in [-0.1, -0.05) is 12.1 Å². The molecule has 11 heteroatoms. The number of carbonyl (C=O) groups is 1. The number of benzene rings is 1. The fraction of sp³-hybridized carbons (Fsp3) is 0.680. The number of halogens is 3. The average molecular weight is 511 g/mol. The van der Waals surface area contributed by atoms with Crippen molar-refractivity contribution in [3.05, 3.63) is 24.5 Å². The monoisotopic (exact) mass is 511 g/mol. The second kappa shape index (κ2) is 10.2. The number of amides is 1. The molecule has 2 aromatic rings. The second-order valence-electron chi connectivity index (χ2n) is 11.3. The topological polar surface area (TPSA) is 65.8 Å². The second-order valence-corrected chi connectivity index (χ2v) is 11.3. The highest BCUT2D eigenvalue weighted by Crippen LogP contribution is 2.37. The minimum absolute atomic E-state index is 0.0295. The Labute approximate surface area is 211 Å². The zero-order valence-electron chi connectivity index (χ0n) is 22.2. The third-order valence-electron chi connectivity index (χ3n) is 6.54. The van der Waals surface area contributed by atoms with E-state index in [2.05, 4.69) is 4.98 Å². The molecule has 200 valence electrons. The van der Waals surface area contributed by atoms with Crippen LogP contribution in [0.1, 0.15) is 67.7 Å². The van der Waals surface area contributed by atoms with Crippen molar-refractivity contribution >= 4 is 29.7 Å². The van der Waals surface area contributed by atoms with Crippen molar-refractivity contribution in [1.29, 1.82) is 0 Å². The lowest BCUT2D eigenvalue weighted by molar-refractivity contribution is -0.136. The van der Waals surface area contributed by atoms with Gasteiger partial charge in [-0.05, 0) is 67.4 Å². The fourth-order valence-corrected chi connectivity index (χ4v) is 4.01. The van der Waals surface area contributed by atoms with Crippen molar-refractivity contribution in [3.8, 4) is 0 Å². The molecule has 1 fully saturated rings. The Morgan fingerprint density at radius 3 is 2.28 bits per heavy atom. The molecule has 1 aromatic carbocycles. The SMILES string of the molecule is CC(C)(C)OC(=O)N(CCCn1cnc2cccc(B3OC(C)(C)C(C)(C)O3)c21)CCCC(F)(F)F. The minimum atomic E-state index is -4.26. The van der Waals surface area contributed by atoms with Crippen LogP contribution in [0.15, 0.2) is 24.5 Å². The normalized spacial score (nSPS) is 17.6. The Kier molecular flexibility index (Phi) is 8.05. The summed E-state index contributed by atoms with van der Waals surface area (Å²) in [5, 5.41) is 0. The Morgan fingerprint density at radius 1 is 1.08 bits per heavy atom. The standard InChI is InChI=1S/C25H37BF3N3O4/c1-22(2,3)34-21(33)31(14-9-13-25(27,28)29)15-10-16-32-17-30-19-12-8-11-18(20(19)32)26-35-23(4,5)24(6,7)36-26/h8,11-12,17H,9-10,13-16H2,1-7H3. The minimum Gasteiger partial charge on any atom is -0.444 e. The van der Waals surface area contributed by atoms with Gasteiger partial charge in [0.1, 0.15) is 5.60 Å². The van der Waals surface area contributed by atoms with Gasteiger partial charge in [0, 0.05) is 31.5 Å². The Balaban J connectivity index is 1.73. The largest absolute Gasteiger partial charge is 0.497 e. The molecule has 36 heavy (non-hydrogen) atoms. The zero-order chi connectivity index (χ0) is 26.9. The molecule has 0 N–H and O–H groups in total. The highest BCUT2D eigenvalue weighted by atomic mass is 19.4. The molecule has 0 radical (unpaired) electrons. The van der Waals surface area contributed by atoms with Gasteiger partial charge in [-0.25, -0.2) is 9.78 Å². The molecule has 0 spiro atoms. The lowest BCUT2D eigenvalue weighted by Gasteiger charge is -2.32. The number of ether oxygens (including phenoxy) is 1. The summed E-state index contributed by atoms with van der Waals surface area (Å²) in [5.74, 6) is 0. The number of aromatic nitrogens is 2. The number of alkyl halides is 3. The van der Waals surface area contributed by atoms with Gasteiger partial charge in [0.2, 0.25) is 0 Å². The van der Waals surface area contributed by atoms with Gasteiger partial charge in [0.15, 0.2) is 0 Å². The molecular formula is C25H37BF3N3O4. The van der Waals surface area contributed by atoms with Crippen LogP contribution >= 0.6 is 0 Å². The first-order valence-electron chi connectivity index (χ1n) is 12.3. The summed E-state index contributed by atoms with van der Waals surface area (Å²) in [6.45, 7) is 13.9. The number of fused-ring (bicyclic) bond motifs is 1. The van der Waals surface area contributed by atoms with Crippen LogP contribution in [-0.4, -0.2) is 63.7 Å². The van der Waals surface area contributed by atoms with E-state index in [4.69, 9.17) is 14.0 Å². The van der Waals surface area contributed by atoms with Gasteiger partial charge in [0.05, 0.1) is 28.6 Å². The molecule has 1 aromatic heterocycles. The summed E-state index contributed by atoms with van der Waals surface area (Å²) < 4.78 is 57.9. The molecule has 1 amide bonds. The number of imidazole rings is 1. The molecule has 0 bridgehead atoms. The van der Waals surface area contributed by atoms with E-state index in [1.165, 1.54) is 4.90 Å². The zero-order valence-corrected chi connectivity index (χ0v) is 22.2. The van der Waals surface area contributed by atoms with E-state index in [1.807, 2.05) is 50.5 Å². The number of hydrogen-bond donors (Lipinski definition) is 0. The predicted molar refractivity (Wildman–Crippen MR) is 133 cm³/mol. The van der Waals surface area contributed by atoms with Crippen molar-refractivity contribution in [2.75, 3.05) is 13.1 Å². The van der Waals surface area contributed by atoms with Gasteiger partial charge in [-0.3, -0.25) is 0 Å². The molecule has 0 atom stereocenters. The number of nitrogens with zero attached hydrogens (tertiary/aromatic N) is 3. The highest BCUT2D eigenvalue weighted by Gasteiger charge is 2.52. The van der Waals surface area contributed by atoms with Crippen LogP contribution in [0.5, 0.6) is 0 Å². The smallest absolute Gasteiger partial charge is 0.444 e. The van der Waals surface area contributed by atoms with Gasteiger partial charge < -0.3 is 23.5 Å². The first-order valence-corrected chi connectivity index (χ1v) is 12.3. The maximum Gasteiger partial charge on any atom is 0.497 e. The number of para-hydroxylation sites is 1. The quantitative estimate of drug-likeness (QED) is 0.450. The Bertz CT molecular complexity index is 1050. The van der Waals surface area contributed by atoms with Gasteiger partial charge in [-0.15, -0.1) is 0 Å². The molecule has 1 aliphatic heterocycles. The molecule has 1 aliphatic rings. The van der Waals surface area contributed by atoms with E-state index in [0.29, 0.717) is 13.0 Å². The third-order valence-corrected chi connectivity index (χ3v) is 6.54. The molecule has 3 rings (SSSR count). The third kappa shape index (κ3) is 6.94. The molecule has 2 heterocycles. The van der Waals surface area contributed by atoms with Crippen LogP contribution in [0.25, 0.3) is 11.0 Å². The van der Waals surface area contributed by atoms with Crippen molar-refractivity contribution in [1.82, 2.24) is 14.5 Å². The summed E-state index contributed by atoms with van der Waals surface area (Å²) in [6.07, 6.45) is -3.77. The maximum absolute atomic E-state index is 12.7. The first kappa shape index (κ1) is 28.3. The van der Waals surface area contributed by atoms with Crippen molar-refractivity contribution in [2.24, 2.45) is 0 Å². The summed E-state index contributed by atoms with van der Waals surface area (Å²) in [5.41, 5.74) is 0.799. The van der Waals surface area contributed by atoms with E-state index in [9.17, 15) is 18.0 Å². The summed E-state index contributed by atoms with van der Waals surface area (Å²) in [7, 11) is -0.560. The van der Waals surface area contributed by atoms with E-state index in [1.54, 1.807) is 27.1 Å². The molecule has 0 saturated carbocycles. The summed E-state index contributed by atoms with van der Waals surface area (Å²) in [4.78, 5) is 18.5. The number of carbonyl (C=O) groups excluding carboxylic acids is 1. The predicted octanol–water partition coefficient (Wildman–Crippen LogP) is 5.31. The Hall–Kier alpha value is -2.27. The number of rotatable bonds is 8. The fourth-order valence-electron chi connectivity index (χ4n) is 4.01. The van der Waals surface area contributed by atoms with Crippen LogP contribution in [0.4, 0.5) is 18.0 Å². The van der Waals surface area contributed by atoms with Gasteiger partial charge in [0.25, 0.3) is 0 Å². The molecule has 0 unspecified atom stereocenters. The molecule has 1 saturated heterocycles. The first-order chi connectivity index (χ1) is 16.5. The van der Waals surface area contributed by atoms with Crippen LogP contribution in [0.3, 0.4) is 0 Å². The van der Waals surface area contributed by atoms with Crippen LogP contribution in [0.2, 0.25) is 0 Å². The van der Waals surface area contributed by atoms with Crippen LogP contribution < -0.4 is 5.46 Å². The van der Waals surface area contributed by atoms with Crippen LogP contribution in [0, 0.1) is 0 Å². The van der Waals surface area contributed by atoms with E-state index in [0.717, 1.165) is 16.5 Å². The summed E-state index contributed by atoms with van der Waals surface area (Å²) in [6, 6.07) is 5.77. The van der Waals surface area contributed by atoms with Crippen molar-refractivity contribution < 1.29 is 32.0 Å². The van der Waals surface area contributed by atoms with E-state index >= 15 is 0 Å². The molecular weight excluding hydrogens is 474 g/mol. The van der Waals surface area contributed by atoms with Gasteiger partial charge >= 0.3 is 19.4 Å². The molecule has 7 nitrogen and oxygen atoms in total. The average Bonchev–Trinajstić information content (AvgIpc) is 3.21. The number of aryl methyl sites for hydroxylation is 1. The lowest BCUT2D eigenvalue weighted by Crippen LogP contribution is -2.41. The van der Waals surface area contributed by atoms with E-state index in [-0.39, 0.29) is 19.5 Å². The van der Waals surface area contributed by atoms with Crippen molar-refractivity contribution in [2.45, 2.75) is 97.3 Å². The summed E-state index contributed by atoms with van der Waals surface area (Å²) >= 11 is 0. The molecule has 0 aliphatic carbocycles. The Morgan fingerprint density at radius 2 is 1.69 bits per heavy atom.